The van der Waals surface area contributed by atoms with Crippen LogP contribution >= 0.6 is 11.6 Å². The van der Waals surface area contributed by atoms with Gasteiger partial charge in [-0.2, -0.15) is 0 Å². The molecule has 4 nitrogen and oxygen atoms in total. The summed E-state index contributed by atoms with van der Waals surface area (Å²) in [5.41, 5.74) is 6.71. The molecular weight excluding hydrogens is 240 g/mol. The third kappa shape index (κ3) is 4.24. The number of benzene rings is 1. The number of hydrogen-bond donors (Lipinski definition) is 2. The lowest BCUT2D eigenvalue weighted by atomic mass is 10.2. The van der Waals surface area contributed by atoms with E-state index in [1.165, 1.54) is 0 Å². The lowest BCUT2D eigenvalue weighted by molar-refractivity contribution is -0.126. The summed E-state index contributed by atoms with van der Waals surface area (Å²) in [4.78, 5) is 11.7. The molecule has 0 aliphatic rings. The second-order valence-electron chi connectivity index (χ2n) is 3.73. The van der Waals surface area contributed by atoms with E-state index in [1.54, 1.807) is 25.1 Å². The van der Waals surface area contributed by atoms with Crippen LogP contribution in [-0.4, -0.2) is 18.6 Å². The first-order valence-electron chi connectivity index (χ1n) is 5.52. The largest absolute Gasteiger partial charge is 0.397 e. The van der Waals surface area contributed by atoms with Crippen molar-refractivity contribution in [2.45, 2.75) is 26.4 Å². The maximum absolute atomic E-state index is 11.7. The van der Waals surface area contributed by atoms with E-state index in [1.807, 2.05) is 6.92 Å². The van der Waals surface area contributed by atoms with Crippen molar-refractivity contribution in [3.05, 3.63) is 23.2 Å². The first kappa shape index (κ1) is 13.8. The van der Waals surface area contributed by atoms with Crippen molar-refractivity contribution in [1.29, 1.82) is 0 Å². The second-order valence-corrected chi connectivity index (χ2v) is 4.17. The zero-order chi connectivity index (χ0) is 12.8. The Morgan fingerprint density at radius 3 is 2.94 bits per heavy atom. The molecule has 1 aromatic rings. The summed E-state index contributed by atoms with van der Waals surface area (Å²) in [5, 5.41) is 3.21. The molecule has 0 radical (unpaired) electrons. The fraction of sp³-hybridized carbons (Fsp3) is 0.417. The molecule has 0 bridgehead atoms. The molecule has 94 valence electrons. The molecule has 5 heteroatoms. The van der Waals surface area contributed by atoms with Crippen molar-refractivity contribution in [1.82, 2.24) is 0 Å². The second kappa shape index (κ2) is 6.47. The normalized spacial score (nSPS) is 12.2. The quantitative estimate of drug-likeness (QED) is 0.796. The molecule has 1 rings (SSSR count). The van der Waals surface area contributed by atoms with E-state index in [0.717, 1.165) is 6.42 Å². The minimum atomic E-state index is -0.506. The number of halogens is 1. The van der Waals surface area contributed by atoms with Gasteiger partial charge in [0.15, 0.2) is 0 Å². The summed E-state index contributed by atoms with van der Waals surface area (Å²) in [6.45, 7) is 4.24. The Kier molecular flexibility index (Phi) is 5.25. The lowest BCUT2D eigenvalue weighted by Gasteiger charge is -2.14. The Hall–Kier alpha value is -1.26. The summed E-state index contributed by atoms with van der Waals surface area (Å²) in [6, 6.07) is 4.93. The SMILES string of the molecule is CCCOC(C)C(=O)Nc1cc(Cl)ccc1N. The Balaban J connectivity index is 2.64. The Bertz CT molecular complexity index is 396. The summed E-state index contributed by atoms with van der Waals surface area (Å²) in [7, 11) is 0. The first-order chi connectivity index (χ1) is 8.04. The average molecular weight is 257 g/mol. The highest BCUT2D eigenvalue weighted by molar-refractivity contribution is 6.31. The van der Waals surface area contributed by atoms with Crippen molar-refractivity contribution in [3.8, 4) is 0 Å². The Labute approximate surface area is 106 Å². The molecule has 1 amide bonds. The predicted octanol–water partition coefficient (Wildman–Crippen LogP) is 2.68. The Morgan fingerprint density at radius 1 is 1.59 bits per heavy atom. The predicted molar refractivity (Wildman–Crippen MR) is 70.2 cm³/mol. The Morgan fingerprint density at radius 2 is 2.29 bits per heavy atom. The molecule has 0 saturated heterocycles. The maximum Gasteiger partial charge on any atom is 0.253 e. The minimum Gasteiger partial charge on any atom is -0.397 e. The van der Waals surface area contributed by atoms with Gasteiger partial charge in [-0.1, -0.05) is 18.5 Å². The van der Waals surface area contributed by atoms with Crippen molar-refractivity contribution in [2.75, 3.05) is 17.7 Å². The third-order valence-corrected chi connectivity index (χ3v) is 2.45. The van der Waals surface area contributed by atoms with Gasteiger partial charge in [0.1, 0.15) is 6.10 Å². The number of nitrogen functional groups attached to an aromatic ring is 1. The van der Waals surface area contributed by atoms with Crippen molar-refractivity contribution >= 4 is 28.9 Å². The van der Waals surface area contributed by atoms with Gasteiger partial charge < -0.3 is 15.8 Å². The van der Waals surface area contributed by atoms with E-state index in [4.69, 9.17) is 22.1 Å². The van der Waals surface area contributed by atoms with Crippen LogP contribution in [-0.2, 0) is 9.53 Å². The zero-order valence-corrected chi connectivity index (χ0v) is 10.8. The monoisotopic (exact) mass is 256 g/mol. The van der Waals surface area contributed by atoms with Crippen LogP contribution in [0.15, 0.2) is 18.2 Å². The molecule has 0 aliphatic heterocycles. The molecule has 0 aliphatic carbocycles. The smallest absolute Gasteiger partial charge is 0.253 e. The molecule has 0 aromatic heterocycles. The zero-order valence-electron chi connectivity index (χ0n) is 10.00. The molecule has 0 spiro atoms. The molecular formula is C12H17ClN2O2. The molecule has 1 unspecified atom stereocenters. The van der Waals surface area contributed by atoms with Crippen LogP contribution in [0.4, 0.5) is 11.4 Å². The number of carbonyl (C=O) groups excluding carboxylic acids is 1. The number of hydrogen-bond acceptors (Lipinski definition) is 3. The molecule has 0 fully saturated rings. The van der Waals surface area contributed by atoms with Gasteiger partial charge in [0.25, 0.3) is 5.91 Å². The molecule has 3 N–H and O–H groups in total. The summed E-state index contributed by atoms with van der Waals surface area (Å²) >= 11 is 5.83. The van der Waals surface area contributed by atoms with Crippen LogP contribution in [0.2, 0.25) is 5.02 Å². The van der Waals surface area contributed by atoms with Gasteiger partial charge in [-0.05, 0) is 31.5 Å². The van der Waals surface area contributed by atoms with Gasteiger partial charge in [-0.15, -0.1) is 0 Å². The van der Waals surface area contributed by atoms with E-state index in [9.17, 15) is 4.79 Å². The molecule has 0 saturated carbocycles. The van der Waals surface area contributed by atoms with Gasteiger partial charge in [-0.3, -0.25) is 4.79 Å². The van der Waals surface area contributed by atoms with Crippen molar-refractivity contribution in [2.24, 2.45) is 0 Å². The minimum absolute atomic E-state index is 0.229. The summed E-state index contributed by atoms with van der Waals surface area (Å²) in [5.74, 6) is -0.229. The highest BCUT2D eigenvalue weighted by Crippen LogP contribution is 2.23. The standard InChI is InChI=1S/C12H17ClN2O2/c1-3-6-17-8(2)12(16)15-11-7-9(13)4-5-10(11)14/h4-5,7-8H,3,6,14H2,1-2H3,(H,15,16). The molecule has 0 heterocycles. The van der Waals surface area contributed by atoms with Gasteiger partial charge in [0.05, 0.1) is 11.4 Å². The van der Waals surface area contributed by atoms with E-state index in [-0.39, 0.29) is 5.91 Å². The molecule has 1 aromatic carbocycles. The van der Waals surface area contributed by atoms with Crippen LogP contribution in [0, 0.1) is 0 Å². The van der Waals surface area contributed by atoms with E-state index in [2.05, 4.69) is 5.32 Å². The van der Waals surface area contributed by atoms with E-state index in [0.29, 0.717) is 23.0 Å². The number of rotatable bonds is 5. The van der Waals surface area contributed by atoms with Gasteiger partial charge in [0.2, 0.25) is 0 Å². The fourth-order valence-corrected chi connectivity index (χ4v) is 1.41. The van der Waals surface area contributed by atoms with Gasteiger partial charge >= 0.3 is 0 Å². The third-order valence-electron chi connectivity index (χ3n) is 2.21. The van der Waals surface area contributed by atoms with Crippen LogP contribution in [0.25, 0.3) is 0 Å². The number of nitrogens with one attached hydrogen (secondary N) is 1. The van der Waals surface area contributed by atoms with Crippen molar-refractivity contribution < 1.29 is 9.53 Å². The number of amides is 1. The molecule has 1 atom stereocenters. The van der Waals surface area contributed by atoms with E-state index >= 15 is 0 Å². The number of anilines is 2. The number of ether oxygens (including phenoxy) is 1. The van der Waals surface area contributed by atoms with Crippen molar-refractivity contribution in [3.63, 3.8) is 0 Å². The van der Waals surface area contributed by atoms with Crippen LogP contribution in [0.1, 0.15) is 20.3 Å². The van der Waals surface area contributed by atoms with Gasteiger partial charge in [0, 0.05) is 11.6 Å². The highest BCUT2D eigenvalue weighted by atomic mass is 35.5. The van der Waals surface area contributed by atoms with Gasteiger partial charge in [-0.25, -0.2) is 0 Å². The summed E-state index contributed by atoms with van der Waals surface area (Å²) < 4.78 is 5.31. The highest BCUT2D eigenvalue weighted by Gasteiger charge is 2.14. The average Bonchev–Trinajstić information content (AvgIpc) is 2.30. The van der Waals surface area contributed by atoms with Crippen LogP contribution < -0.4 is 11.1 Å². The number of nitrogens with two attached hydrogens (primary N) is 1. The fourth-order valence-electron chi connectivity index (χ4n) is 1.24. The molecule has 17 heavy (non-hydrogen) atoms. The first-order valence-corrected chi connectivity index (χ1v) is 5.90. The number of carbonyl (C=O) groups is 1. The van der Waals surface area contributed by atoms with E-state index < -0.39 is 6.10 Å². The van der Waals surface area contributed by atoms with Crippen LogP contribution in [0.3, 0.4) is 0 Å². The lowest BCUT2D eigenvalue weighted by Crippen LogP contribution is -2.28. The van der Waals surface area contributed by atoms with Crippen LogP contribution in [0.5, 0.6) is 0 Å². The topological polar surface area (TPSA) is 64.3 Å². The maximum atomic E-state index is 11.7. The summed E-state index contributed by atoms with van der Waals surface area (Å²) in [6.07, 6.45) is 0.366.